The molecular weight excluding hydrogens is 181 g/mol. The quantitative estimate of drug-likeness (QED) is 0.681. The first-order chi connectivity index (χ1) is 5.61. The van der Waals surface area contributed by atoms with Crippen LogP contribution >= 0.6 is 11.6 Å². The lowest BCUT2D eigenvalue weighted by Crippen LogP contribution is -2.16. The summed E-state index contributed by atoms with van der Waals surface area (Å²) in [6.07, 6.45) is -0.146. The van der Waals surface area contributed by atoms with Gasteiger partial charge in [0, 0.05) is 6.32 Å². The van der Waals surface area contributed by atoms with Crippen molar-refractivity contribution in [2.75, 3.05) is 0 Å². The molecule has 0 amide bonds. The van der Waals surface area contributed by atoms with Crippen LogP contribution in [0.25, 0.3) is 0 Å². The highest BCUT2D eigenvalue weighted by molar-refractivity contribution is 6.40. The molecule has 12 heavy (non-hydrogen) atoms. The van der Waals surface area contributed by atoms with Crippen molar-refractivity contribution in [2.24, 2.45) is 0 Å². The van der Waals surface area contributed by atoms with E-state index in [9.17, 15) is 4.39 Å². The second-order valence-corrected chi connectivity index (χ2v) is 2.80. The van der Waals surface area contributed by atoms with E-state index in [1.54, 1.807) is 6.07 Å². The maximum absolute atomic E-state index is 13.0. The molecule has 0 atom stereocenters. The topological polar surface area (TPSA) is 40.5 Å². The molecule has 2 N–H and O–H groups in total. The van der Waals surface area contributed by atoms with Gasteiger partial charge in [-0.1, -0.05) is 23.7 Å². The molecule has 0 aliphatic heterocycles. The van der Waals surface area contributed by atoms with Crippen LogP contribution in [0, 0.1) is 5.82 Å². The molecule has 0 radical (unpaired) electrons. The Kier molecular flexibility index (Phi) is 3.09. The van der Waals surface area contributed by atoms with Crippen LogP contribution in [-0.4, -0.2) is 17.2 Å². The van der Waals surface area contributed by atoms with Crippen molar-refractivity contribution in [2.45, 2.75) is 6.32 Å². The molecule has 0 saturated heterocycles. The Hall–Kier alpha value is -0.575. The maximum Gasteiger partial charge on any atom is 0.456 e. The molecule has 0 saturated carbocycles. The molecular formula is C7H7BClFO2. The molecule has 5 heteroatoms. The van der Waals surface area contributed by atoms with Crippen molar-refractivity contribution >= 4 is 18.7 Å². The summed E-state index contributed by atoms with van der Waals surface area (Å²) < 4.78 is 13.0. The van der Waals surface area contributed by atoms with Gasteiger partial charge in [-0.25, -0.2) is 4.39 Å². The van der Waals surface area contributed by atoms with Crippen molar-refractivity contribution in [1.29, 1.82) is 0 Å². The lowest BCUT2D eigenvalue weighted by Gasteiger charge is -2.02. The molecule has 1 aromatic carbocycles. The van der Waals surface area contributed by atoms with E-state index in [0.29, 0.717) is 0 Å². The molecule has 0 unspecified atom stereocenters. The van der Waals surface area contributed by atoms with Crippen LogP contribution < -0.4 is 0 Å². The molecule has 0 aliphatic rings. The molecule has 0 bridgehead atoms. The van der Waals surface area contributed by atoms with E-state index < -0.39 is 12.9 Å². The van der Waals surface area contributed by atoms with Gasteiger partial charge < -0.3 is 10.0 Å². The molecule has 64 valence electrons. The van der Waals surface area contributed by atoms with Gasteiger partial charge in [0.05, 0.1) is 5.02 Å². The van der Waals surface area contributed by atoms with E-state index >= 15 is 0 Å². The second kappa shape index (κ2) is 3.89. The zero-order valence-electron chi connectivity index (χ0n) is 6.17. The van der Waals surface area contributed by atoms with Crippen LogP contribution in [0.15, 0.2) is 18.2 Å². The minimum absolute atomic E-state index is 0.00634. The highest BCUT2D eigenvalue weighted by Crippen LogP contribution is 2.18. The second-order valence-electron chi connectivity index (χ2n) is 2.40. The number of hydrogen-bond donors (Lipinski definition) is 2. The zero-order valence-corrected chi connectivity index (χ0v) is 6.92. The molecule has 0 aliphatic carbocycles. The van der Waals surface area contributed by atoms with Gasteiger partial charge >= 0.3 is 7.12 Å². The molecule has 0 heterocycles. The smallest absolute Gasteiger partial charge is 0.427 e. The van der Waals surface area contributed by atoms with Crippen LogP contribution in [0.1, 0.15) is 5.56 Å². The van der Waals surface area contributed by atoms with Gasteiger partial charge in [-0.05, 0) is 11.6 Å². The Morgan fingerprint density at radius 3 is 2.67 bits per heavy atom. The Morgan fingerprint density at radius 1 is 1.42 bits per heavy atom. The Morgan fingerprint density at radius 2 is 2.08 bits per heavy atom. The summed E-state index contributed by atoms with van der Waals surface area (Å²) in [7, 11) is -1.54. The van der Waals surface area contributed by atoms with Gasteiger partial charge in [0.1, 0.15) is 5.82 Å². The predicted octanol–water partition coefficient (Wildman–Crippen LogP) is 1.03. The van der Waals surface area contributed by atoms with E-state index in [0.717, 1.165) is 0 Å². The monoisotopic (exact) mass is 188 g/mol. The van der Waals surface area contributed by atoms with Gasteiger partial charge in [0.2, 0.25) is 0 Å². The zero-order chi connectivity index (χ0) is 9.14. The molecule has 0 spiro atoms. The van der Waals surface area contributed by atoms with Gasteiger partial charge in [-0.15, -0.1) is 0 Å². The van der Waals surface area contributed by atoms with Gasteiger partial charge in [0.15, 0.2) is 0 Å². The maximum atomic E-state index is 13.0. The van der Waals surface area contributed by atoms with Gasteiger partial charge in [-0.2, -0.15) is 0 Å². The first-order valence-corrected chi connectivity index (χ1v) is 3.78. The fourth-order valence-electron chi connectivity index (χ4n) is 0.903. The van der Waals surface area contributed by atoms with Crippen LogP contribution in [0.2, 0.25) is 5.02 Å². The summed E-state index contributed by atoms with van der Waals surface area (Å²) in [5.74, 6) is -0.590. The molecule has 0 fully saturated rings. The van der Waals surface area contributed by atoms with Crippen LogP contribution in [-0.2, 0) is 6.32 Å². The average molecular weight is 188 g/mol. The molecule has 2 nitrogen and oxygen atoms in total. The summed E-state index contributed by atoms with van der Waals surface area (Å²) in [4.78, 5) is 0. The largest absolute Gasteiger partial charge is 0.456 e. The summed E-state index contributed by atoms with van der Waals surface area (Å²) in [5, 5.41) is 17.1. The van der Waals surface area contributed by atoms with E-state index in [2.05, 4.69) is 0 Å². The van der Waals surface area contributed by atoms with Crippen molar-refractivity contribution in [3.8, 4) is 0 Å². The highest BCUT2D eigenvalue weighted by atomic mass is 35.5. The summed E-state index contributed by atoms with van der Waals surface area (Å²) in [5.41, 5.74) is 0.206. The van der Waals surface area contributed by atoms with E-state index in [-0.39, 0.29) is 16.9 Å². The van der Waals surface area contributed by atoms with E-state index in [1.807, 2.05) is 0 Å². The SMILES string of the molecule is OB(O)Cc1cccc(Cl)c1F. The first kappa shape index (κ1) is 9.51. The third-order valence-electron chi connectivity index (χ3n) is 1.43. The fraction of sp³-hybridized carbons (Fsp3) is 0.143. The lowest BCUT2D eigenvalue weighted by atomic mass is 9.82. The van der Waals surface area contributed by atoms with Gasteiger partial charge in [0.25, 0.3) is 0 Å². The minimum atomic E-state index is -1.54. The average Bonchev–Trinajstić information content (AvgIpc) is 1.98. The highest BCUT2D eigenvalue weighted by Gasteiger charge is 2.13. The van der Waals surface area contributed by atoms with Gasteiger partial charge in [-0.3, -0.25) is 0 Å². The number of halogens is 2. The van der Waals surface area contributed by atoms with Crippen LogP contribution in [0.5, 0.6) is 0 Å². The number of hydrogen-bond acceptors (Lipinski definition) is 2. The lowest BCUT2D eigenvalue weighted by molar-refractivity contribution is 0.403. The van der Waals surface area contributed by atoms with Crippen molar-refractivity contribution < 1.29 is 14.4 Å². The fourth-order valence-corrected chi connectivity index (χ4v) is 1.10. The molecule has 1 rings (SSSR count). The number of rotatable bonds is 2. The summed E-state index contributed by atoms with van der Waals surface area (Å²) in [6, 6.07) is 4.42. The number of benzene rings is 1. The molecule has 0 aromatic heterocycles. The van der Waals surface area contributed by atoms with E-state index in [1.165, 1.54) is 12.1 Å². The molecule has 1 aromatic rings. The Labute approximate surface area is 74.7 Å². The van der Waals surface area contributed by atoms with Crippen molar-refractivity contribution in [3.63, 3.8) is 0 Å². The standard InChI is InChI=1S/C7H7BClFO2/c9-6-3-1-2-5(7(6)10)4-8(11)12/h1-3,11-12H,4H2. The third-order valence-corrected chi connectivity index (χ3v) is 1.73. The normalized spacial score (nSPS) is 10.0. The van der Waals surface area contributed by atoms with Crippen LogP contribution in [0.4, 0.5) is 4.39 Å². The third kappa shape index (κ3) is 2.20. The Bertz CT molecular complexity index is 280. The predicted molar refractivity (Wildman–Crippen MR) is 45.3 cm³/mol. The van der Waals surface area contributed by atoms with Crippen molar-refractivity contribution in [1.82, 2.24) is 0 Å². The minimum Gasteiger partial charge on any atom is -0.427 e. The Balaban J connectivity index is 2.92. The van der Waals surface area contributed by atoms with Crippen molar-refractivity contribution in [3.05, 3.63) is 34.6 Å². The summed E-state index contributed by atoms with van der Waals surface area (Å²) >= 11 is 5.46. The summed E-state index contributed by atoms with van der Waals surface area (Å²) in [6.45, 7) is 0. The first-order valence-electron chi connectivity index (χ1n) is 3.40. The van der Waals surface area contributed by atoms with E-state index in [4.69, 9.17) is 21.6 Å². The van der Waals surface area contributed by atoms with Crippen LogP contribution in [0.3, 0.4) is 0 Å².